The van der Waals surface area contributed by atoms with Gasteiger partial charge in [0.15, 0.2) is 0 Å². The number of piperidine rings is 1. The van der Waals surface area contributed by atoms with E-state index in [1.54, 1.807) is 9.47 Å². The third-order valence-corrected chi connectivity index (χ3v) is 7.97. The van der Waals surface area contributed by atoms with E-state index in [9.17, 15) is 18.0 Å². The molecule has 0 atom stereocenters. The van der Waals surface area contributed by atoms with E-state index in [1.807, 2.05) is 24.3 Å². The number of rotatable bonds is 4. The predicted octanol–water partition coefficient (Wildman–Crippen LogP) is 2.71. The Morgan fingerprint density at radius 2 is 1.81 bits per heavy atom. The van der Waals surface area contributed by atoms with Crippen LogP contribution in [0.2, 0.25) is 5.02 Å². The van der Waals surface area contributed by atoms with Crippen LogP contribution in [0.3, 0.4) is 0 Å². The summed E-state index contributed by atoms with van der Waals surface area (Å²) in [5, 5.41) is 0.0719. The van der Waals surface area contributed by atoms with Crippen molar-refractivity contribution < 1.29 is 13.2 Å². The number of amides is 1. The quantitative estimate of drug-likeness (QED) is 0.644. The molecule has 1 aliphatic heterocycles. The number of aromatic amines is 1. The molecule has 3 aromatic rings. The molecular formula is C21H23ClN4O4S. The van der Waals surface area contributed by atoms with Gasteiger partial charge in [0.2, 0.25) is 10.0 Å². The number of hydrogen-bond acceptors (Lipinski definition) is 4. The van der Waals surface area contributed by atoms with Crippen LogP contribution in [0.5, 0.6) is 0 Å². The molecule has 0 unspecified atom stereocenters. The second-order valence-corrected chi connectivity index (χ2v) is 10.3. The van der Waals surface area contributed by atoms with Crippen molar-refractivity contribution in [2.75, 3.05) is 27.2 Å². The van der Waals surface area contributed by atoms with Crippen LogP contribution < -0.4 is 5.69 Å². The highest BCUT2D eigenvalue weighted by Crippen LogP contribution is 2.28. The molecule has 0 saturated carbocycles. The maximum absolute atomic E-state index is 13.0. The summed E-state index contributed by atoms with van der Waals surface area (Å²) in [6.07, 6.45) is 1.26. The molecule has 31 heavy (non-hydrogen) atoms. The fraction of sp³-hybridized carbons (Fsp3) is 0.333. The van der Waals surface area contributed by atoms with E-state index in [0.717, 1.165) is 15.3 Å². The van der Waals surface area contributed by atoms with Gasteiger partial charge in [-0.3, -0.25) is 9.36 Å². The predicted molar refractivity (Wildman–Crippen MR) is 119 cm³/mol. The van der Waals surface area contributed by atoms with Gasteiger partial charge in [0.25, 0.3) is 5.91 Å². The zero-order chi connectivity index (χ0) is 22.3. The highest BCUT2D eigenvalue weighted by Gasteiger charge is 2.28. The van der Waals surface area contributed by atoms with Gasteiger partial charge in [-0.25, -0.2) is 17.5 Å². The number of nitrogens with one attached hydrogen (secondary N) is 1. The summed E-state index contributed by atoms with van der Waals surface area (Å²) in [6.45, 7) is 0.932. The minimum atomic E-state index is -3.77. The number of para-hydroxylation sites is 2. The Morgan fingerprint density at radius 1 is 1.13 bits per heavy atom. The maximum Gasteiger partial charge on any atom is 0.326 e. The van der Waals surface area contributed by atoms with Crippen LogP contribution in [0.1, 0.15) is 29.2 Å². The zero-order valence-corrected chi connectivity index (χ0v) is 18.8. The van der Waals surface area contributed by atoms with Crippen molar-refractivity contribution in [3.63, 3.8) is 0 Å². The van der Waals surface area contributed by atoms with Crippen molar-refractivity contribution in [1.82, 2.24) is 18.8 Å². The van der Waals surface area contributed by atoms with E-state index in [2.05, 4.69) is 4.98 Å². The molecule has 2 aromatic carbocycles. The molecule has 8 nitrogen and oxygen atoms in total. The number of fused-ring (bicyclic) bond motifs is 1. The van der Waals surface area contributed by atoms with E-state index in [0.29, 0.717) is 25.9 Å². The Morgan fingerprint density at radius 3 is 2.48 bits per heavy atom. The fourth-order valence-corrected chi connectivity index (χ4v) is 5.37. The normalized spacial score (nSPS) is 15.7. The van der Waals surface area contributed by atoms with Crippen molar-refractivity contribution in [2.45, 2.75) is 23.8 Å². The van der Waals surface area contributed by atoms with Crippen LogP contribution >= 0.6 is 11.6 Å². The Hall–Kier alpha value is -2.62. The Bertz CT molecular complexity index is 1300. The average Bonchev–Trinajstić information content (AvgIpc) is 3.09. The lowest BCUT2D eigenvalue weighted by Crippen LogP contribution is -2.40. The Labute approximate surface area is 185 Å². The number of imidazole rings is 1. The summed E-state index contributed by atoms with van der Waals surface area (Å²) in [4.78, 5) is 29.9. The average molecular weight is 463 g/mol. The van der Waals surface area contributed by atoms with Gasteiger partial charge in [-0.05, 0) is 43.2 Å². The molecule has 1 fully saturated rings. The van der Waals surface area contributed by atoms with Gasteiger partial charge < -0.3 is 9.88 Å². The van der Waals surface area contributed by atoms with Crippen molar-refractivity contribution in [1.29, 1.82) is 0 Å². The van der Waals surface area contributed by atoms with Crippen LogP contribution in [0.4, 0.5) is 0 Å². The van der Waals surface area contributed by atoms with Crippen molar-refractivity contribution in [3.05, 3.63) is 63.5 Å². The van der Waals surface area contributed by atoms with Crippen molar-refractivity contribution in [3.8, 4) is 0 Å². The third kappa shape index (κ3) is 3.88. The van der Waals surface area contributed by atoms with Crippen LogP contribution in [-0.2, 0) is 10.0 Å². The summed E-state index contributed by atoms with van der Waals surface area (Å²) in [5.41, 5.74) is 1.77. The van der Waals surface area contributed by atoms with Gasteiger partial charge in [0, 0.05) is 38.8 Å². The maximum atomic E-state index is 13.0. The van der Waals surface area contributed by atoms with Crippen LogP contribution in [0.15, 0.2) is 52.2 Å². The molecule has 1 amide bonds. The highest BCUT2D eigenvalue weighted by atomic mass is 35.5. The molecule has 1 aromatic heterocycles. The van der Waals surface area contributed by atoms with E-state index in [4.69, 9.17) is 11.6 Å². The summed E-state index contributed by atoms with van der Waals surface area (Å²) in [7, 11) is -0.941. The number of carbonyl (C=O) groups excluding carboxylic acids is 1. The number of nitrogens with zero attached hydrogens (tertiary/aromatic N) is 3. The van der Waals surface area contributed by atoms with E-state index in [1.165, 1.54) is 32.3 Å². The van der Waals surface area contributed by atoms with Crippen molar-refractivity contribution >= 4 is 38.6 Å². The van der Waals surface area contributed by atoms with Crippen LogP contribution in [0.25, 0.3) is 11.0 Å². The van der Waals surface area contributed by atoms with Gasteiger partial charge in [0.05, 0.1) is 16.1 Å². The molecule has 4 rings (SSSR count). The Kier molecular flexibility index (Phi) is 5.67. The number of aromatic nitrogens is 2. The van der Waals surface area contributed by atoms with Crippen molar-refractivity contribution in [2.24, 2.45) is 0 Å². The number of halogens is 1. The highest BCUT2D eigenvalue weighted by molar-refractivity contribution is 7.89. The lowest BCUT2D eigenvalue weighted by molar-refractivity contribution is 0.0694. The zero-order valence-electron chi connectivity index (χ0n) is 17.2. The first kappa shape index (κ1) is 21.6. The number of hydrogen-bond donors (Lipinski definition) is 1. The summed E-state index contributed by atoms with van der Waals surface area (Å²) in [5.74, 6) is -0.253. The number of likely N-dealkylation sites (tertiary alicyclic amines) is 1. The molecule has 0 spiro atoms. The number of sulfonamides is 1. The molecule has 10 heteroatoms. The number of benzene rings is 2. The first-order valence-electron chi connectivity index (χ1n) is 9.91. The molecule has 0 aliphatic carbocycles. The molecular weight excluding hydrogens is 440 g/mol. The smallest absolute Gasteiger partial charge is 0.326 e. The summed E-state index contributed by atoms with van der Waals surface area (Å²) >= 11 is 6.09. The van der Waals surface area contributed by atoms with E-state index < -0.39 is 10.0 Å². The van der Waals surface area contributed by atoms with Gasteiger partial charge in [-0.2, -0.15) is 0 Å². The minimum Gasteiger partial charge on any atom is -0.338 e. The largest absolute Gasteiger partial charge is 0.338 e. The minimum absolute atomic E-state index is 0.0115. The molecule has 0 bridgehead atoms. The monoisotopic (exact) mass is 462 g/mol. The molecule has 1 aliphatic rings. The van der Waals surface area contributed by atoms with Gasteiger partial charge in [-0.15, -0.1) is 0 Å². The first-order valence-corrected chi connectivity index (χ1v) is 11.7. The summed E-state index contributed by atoms with van der Waals surface area (Å²) in [6, 6.07) is 11.8. The van der Waals surface area contributed by atoms with Gasteiger partial charge >= 0.3 is 5.69 Å². The van der Waals surface area contributed by atoms with E-state index in [-0.39, 0.29) is 33.1 Å². The second-order valence-electron chi connectivity index (χ2n) is 7.77. The lowest BCUT2D eigenvalue weighted by Gasteiger charge is -2.32. The van der Waals surface area contributed by atoms with E-state index >= 15 is 0 Å². The second kappa shape index (κ2) is 8.14. The molecule has 1 N–H and O–H groups in total. The third-order valence-electron chi connectivity index (χ3n) is 5.68. The SMILES string of the molecule is CN(C)S(=O)(=O)c1cc(C(=O)N2CCC(n3c(=O)[nH]c4ccccc43)CC2)ccc1Cl. The lowest BCUT2D eigenvalue weighted by atomic mass is 10.0. The standard InChI is InChI=1S/C21H23ClN4O4S/c1-24(2)31(29,30)19-13-14(7-8-16(19)22)20(27)25-11-9-15(10-12-25)26-18-6-4-3-5-17(18)23-21(26)28/h3-8,13,15H,9-12H2,1-2H3,(H,23,28). The topological polar surface area (TPSA) is 95.5 Å². The Balaban J connectivity index is 1.54. The summed E-state index contributed by atoms with van der Waals surface area (Å²) < 4.78 is 27.8. The van der Waals surface area contributed by atoms with Gasteiger partial charge in [0.1, 0.15) is 4.90 Å². The van der Waals surface area contributed by atoms with Crippen LogP contribution in [-0.4, -0.2) is 60.3 Å². The van der Waals surface area contributed by atoms with Gasteiger partial charge in [-0.1, -0.05) is 23.7 Å². The molecule has 164 valence electrons. The molecule has 2 heterocycles. The number of carbonyl (C=O) groups is 1. The molecule has 1 saturated heterocycles. The molecule has 0 radical (unpaired) electrons. The first-order chi connectivity index (χ1) is 14.7. The van der Waals surface area contributed by atoms with Crippen LogP contribution in [0, 0.1) is 0 Å². The number of H-pyrrole nitrogens is 1. The fourth-order valence-electron chi connectivity index (χ4n) is 3.98.